The molecule has 0 unspecified atom stereocenters. The van der Waals surface area contributed by atoms with E-state index in [0.717, 1.165) is 32.8 Å². The molecule has 0 bridgehead atoms. The molecular weight excluding hydrogens is 468 g/mol. The van der Waals surface area contributed by atoms with Crippen LogP contribution in [0.4, 0.5) is 16.3 Å². The van der Waals surface area contributed by atoms with Gasteiger partial charge in [0.05, 0.1) is 33.0 Å². The summed E-state index contributed by atoms with van der Waals surface area (Å²) in [6, 6.07) is 6.65. The second-order valence-electron chi connectivity index (χ2n) is 8.30. The van der Waals surface area contributed by atoms with Crippen molar-refractivity contribution in [2.24, 2.45) is 0 Å². The number of aromatic nitrogens is 2. The molecule has 12 nitrogen and oxygen atoms in total. The monoisotopic (exact) mass is 500 g/mol. The number of hydrogen-bond donors (Lipinski definition) is 3. The van der Waals surface area contributed by atoms with E-state index < -0.39 is 5.97 Å². The molecular formula is C24H32N6O6. The number of benzene rings is 1. The van der Waals surface area contributed by atoms with Gasteiger partial charge in [-0.1, -0.05) is 0 Å². The maximum atomic E-state index is 12.3. The fourth-order valence-electron chi connectivity index (χ4n) is 4.01. The van der Waals surface area contributed by atoms with Gasteiger partial charge in [0.25, 0.3) is 0 Å². The van der Waals surface area contributed by atoms with Crippen molar-refractivity contribution in [2.75, 3.05) is 82.5 Å². The second kappa shape index (κ2) is 12.5. The van der Waals surface area contributed by atoms with Gasteiger partial charge in [0.15, 0.2) is 23.1 Å². The van der Waals surface area contributed by atoms with Crippen molar-refractivity contribution in [2.45, 2.75) is 6.92 Å². The molecule has 0 saturated carbocycles. The number of carboxylic acid groups (broad SMARTS) is 1. The lowest BCUT2D eigenvalue weighted by molar-refractivity contribution is 0.0388. The Labute approximate surface area is 209 Å². The number of hydrogen-bond acceptors (Lipinski definition) is 9. The minimum atomic E-state index is -1.19. The van der Waals surface area contributed by atoms with Crippen LogP contribution in [0.3, 0.4) is 0 Å². The van der Waals surface area contributed by atoms with Crippen molar-refractivity contribution in [1.82, 2.24) is 20.2 Å². The van der Waals surface area contributed by atoms with Gasteiger partial charge in [0.2, 0.25) is 0 Å². The summed E-state index contributed by atoms with van der Waals surface area (Å²) >= 11 is 0. The predicted octanol–water partition coefficient (Wildman–Crippen LogP) is 1.53. The SMILES string of the molecule is CCOc1c(C(=O)O)nc(-c2ccc(NC(=O)NCCN3CCOCC3)cc2)nc1N1CCOCC1. The van der Waals surface area contributed by atoms with E-state index >= 15 is 0 Å². The van der Waals surface area contributed by atoms with Crippen molar-refractivity contribution in [3.8, 4) is 17.1 Å². The number of carboxylic acids is 1. The Balaban J connectivity index is 1.46. The van der Waals surface area contributed by atoms with Gasteiger partial charge in [0.1, 0.15) is 0 Å². The lowest BCUT2D eigenvalue weighted by atomic mass is 10.2. The van der Waals surface area contributed by atoms with Crippen LogP contribution in [-0.4, -0.2) is 104 Å². The average molecular weight is 501 g/mol. The van der Waals surface area contributed by atoms with E-state index in [4.69, 9.17) is 14.2 Å². The van der Waals surface area contributed by atoms with Gasteiger partial charge in [-0.05, 0) is 31.2 Å². The minimum Gasteiger partial charge on any atom is -0.488 e. The van der Waals surface area contributed by atoms with Crippen molar-refractivity contribution < 1.29 is 28.9 Å². The first kappa shape index (κ1) is 25.6. The second-order valence-corrected chi connectivity index (χ2v) is 8.30. The molecule has 36 heavy (non-hydrogen) atoms. The third-order valence-corrected chi connectivity index (χ3v) is 5.87. The largest absolute Gasteiger partial charge is 0.488 e. The van der Waals surface area contributed by atoms with E-state index in [9.17, 15) is 14.7 Å². The summed E-state index contributed by atoms with van der Waals surface area (Å²) in [5.74, 6) is -0.338. The van der Waals surface area contributed by atoms with Crippen LogP contribution >= 0.6 is 0 Å². The quantitative estimate of drug-likeness (QED) is 0.465. The van der Waals surface area contributed by atoms with Gasteiger partial charge in [-0.2, -0.15) is 0 Å². The zero-order valence-corrected chi connectivity index (χ0v) is 20.4. The van der Waals surface area contributed by atoms with Crippen LogP contribution < -0.4 is 20.3 Å². The highest BCUT2D eigenvalue weighted by Gasteiger charge is 2.26. The Morgan fingerprint density at radius 1 is 1.03 bits per heavy atom. The number of ether oxygens (including phenoxy) is 3. The predicted molar refractivity (Wildman–Crippen MR) is 133 cm³/mol. The number of rotatable bonds is 9. The Hall–Kier alpha value is -3.48. The zero-order valence-electron chi connectivity index (χ0n) is 20.4. The molecule has 1 aromatic carbocycles. The van der Waals surface area contributed by atoms with E-state index in [0.29, 0.717) is 49.9 Å². The van der Waals surface area contributed by atoms with Crippen LogP contribution in [0.25, 0.3) is 11.4 Å². The molecule has 1 aromatic heterocycles. The molecule has 4 rings (SSSR count). The summed E-state index contributed by atoms with van der Waals surface area (Å²) in [5, 5.41) is 15.5. The molecule has 0 spiro atoms. The van der Waals surface area contributed by atoms with Gasteiger partial charge < -0.3 is 34.9 Å². The molecule has 3 heterocycles. The Bertz CT molecular complexity index is 1040. The summed E-state index contributed by atoms with van der Waals surface area (Å²) in [7, 11) is 0. The first-order valence-electron chi connectivity index (χ1n) is 12.1. The first-order valence-corrected chi connectivity index (χ1v) is 12.1. The summed E-state index contributed by atoms with van der Waals surface area (Å²) in [6.07, 6.45) is 0. The summed E-state index contributed by atoms with van der Waals surface area (Å²) < 4.78 is 16.4. The van der Waals surface area contributed by atoms with Crippen molar-refractivity contribution in [1.29, 1.82) is 0 Å². The smallest absolute Gasteiger partial charge is 0.358 e. The van der Waals surface area contributed by atoms with Crippen LogP contribution in [-0.2, 0) is 9.47 Å². The number of morpholine rings is 2. The average Bonchev–Trinajstić information content (AvgIpc) is 2.90. The van der Waals surface area contributed by atoms with Gasteiger partial charge in [-0.25, -0.2) is 19.6 Å². The molecule has 2 aromatic rings. The first-order chi connectivity index (χ1) is 17.5. The van der Waals surface area contributed by atoms with Crippen molar-refractivity contribution >= 4 is 23.5 Å². The minimum absolute atomic E-state index is 0.155. The third-order valence-electron chi connectivity index (χ3n) is 5.87. The maximum absolute atomic E-state index is 12.3. The molecule has 0 radical (unpaired) electrons. The molecule has 2 amide bonds. The molecule has 0 atom stereocenters. The Morgan fingerprint density at radius 2 is 1.69 bits per heavy atom. The molecule has 194 valence electrons. The van der Waals surface area contributed by atoms with Crippen LogP contribution in [0, 0.1) is 0 Å². The van der Waals surface area contributed by atoms with E-state index in [2.05, 4.69) is 25.5 Å². The Morgan fingerprint density at radius 3 is 2.33 bits per heavy atom. The molecule has 2 aliphatic heterocycles. The molecule has 3 N–H and O–H groups in total. The topological polar surface area (TPSA) is 138 Å². The number of carbonyl (C=O) groups is 2. The number of carbonyl (C=O) groups excluding carboxylic acids is 1. The Kier molecular flexibility index (Phi) is 8.87. The lowest BCUT2D eigenvalue weighted by Gasteiger charge is -2.29. The van der Waals surface area contributed by atoms with Gasteiger partial charge in [-0.3, -0.25) is 4.90 Å². The lowest BCUT2D eigenvalue weighted by Crippen LogP contribution is -2.42. The van der Waals surface area contributed by atoms with Crippen LogP contribution in [0.2, 0.25) is 0 Å². The van der Waals surface area contributed by atoms with E-state index in [1.807, 2.05) is 4.90 Å². The van der Waals surface area contributed by atoms with E-state index in [-0.39, 0.29) is 29.9 Å². The van der Waals surface area contributed by atoms with Gasteiger partial charge in [0, 0.05) is 50.5 Å². The number of aromatic carboxylic acids is 1. The van der Waals surface area contributed by atoms with E-state index in [1.165, 1.54) is 0 Å². The number of anilines is 2. The highest BCUT2D eigenvalue weighted by Crippen LogP contribution is 2.33. The fraction of sp³-hybridized carbons (Fsp3) is 0.500. The van der Waals surface area contributed by atoms with E-state index in [1.54, 1.807) is 31.2 Å². The molecule has 2 fully saturated rings. The zero-order chi connectivity index (χ0) is 25.3. The van der Waals surface area contributed by atoms with Gasteiger partial charge >= 0.3 is 12.0 Å². The molecule has 2 aliphatic rings. The summed E-state index contributed by atoms with van der Waals surface area (Å²) in [6.45, 7) is 8.72. The van der Waals surface area contributed by atoms with Crippen LogP contribution in [0.1, 0.15) is 17.4 Å². The highest BCUT2D eigenvalue weighted by molar-refractivity contribution is 5.92. The van der Waals surface area contributed by atoms with Crippen LogP contribution in [0.15, 0.2) is 24.3 Å². The summed E-state index contributed by atoms with van der Waals surface area (Å²) in [5.41, 5.74) is 1.03. The van der Waals surface area contributed by atoms with Crippen LogP contribution in [0.5, 0.6) is 5.75 Å². The number of nitrogens with one attached hydrogen (secondary N) is 2. The van der Waals surface area contributed by atoms with Crippen molar-refractivity contribution in [3.05, 3.63) is 30.0 Å². The standard InChI is InChI=1S/C24H32N6O6/c1-2-36-20-19(23(31)32)27-21(28-22(20)30-11-15-35-16-12-30)17-3-5-18(6-4-17)26-24(33)25-7-8-29-9-13-34-14-10-29/h3-6H,2,7-16H2,1H3,(H,31,32)(H2,25,26,33). The molecule has 12 heteroatoms. The third kappa shape index (κ3) is 6.59. The van der Waals surface area contributed by atoms with Gasteiger partial charge in [-0.15, -0.1) is 0 Å². The van der Waals surface area contributed by atoms with Crippen molar-refractivity contribution in [3.63, 3.8) is 0 Å². The fourth-order valence-corrected chi connectivity index (χ4v) is 4.01. The summed E-state index contributed by atoms with van der Waals surface area (Å²) in [4.78, 5) is 37.4. The number of amides is 2. The highest BCUT2D eigenvalue weighted by atomic mass is 16.5. The normalized spacial score (nSPS) is 16.4. The number of nitrogens with zero attached hydrogens (tertiary/aromatic N) is 4. The molecule has 2 saturated heterocycles. The maximum Gasteiger partial charge on any atom is 0.358 e. The molecule has 0 aliphatic carbocycles. The number of urea groups is 1.